The van der Waals surface area contributed by atoms with Crippen LogP contribution in [0.15, 0.2) is 29.1 Å². The standard InChI is InChI=1S/C16H20N2O2S/c1-12(17-7-6-14-9-21-10-18-14)2-3-13-4-5-15-16(8-13)20-11-19-15/h4-5,8-10,12,17H,2-3,6-7,11H2,1H3. The van der Waals surface area contributed by atoms with Gasteiger partial charge < -0.3 is 14.8 Å². The number of thiazole rings is 1. The van der Waals surface area contributed by atoms with E-state index in [1.165, 1.54) is 11.3 Å². The topological polar surface area (TPSA) is 43.4 Å². The quantitative estimate of drug-likeness (QED) is 0.854. The summed E-state index contributed by atoms with van der Waals surface area (Å²) in [7, 11) is 0. The largest absolute Gasteiger partial charge is 0.454 e. The molecule has 0 amide bonds. The molecule has 2 aromatic rings. The Morgan fingerprint density at radius 3 is 3.05 bits per heavy atom. The zero-order valence-electron chi connectivity index (χ0n) is 12.2. The number of benzene rings is 1. The maximum absolute atomic E-state index is 5.41. The van der Waals surface area contributed by atoms with Gasteiger partial charge in [-0.05, 0) is 37.5 Å². The maximum atomic E-state index is 5.41. The van der Waals surface area contributed by atoms with Gasteiger partial charge in [-0.1, -0.05) is 6.07 Å². The van der Waals surface area contributed by atoms with Gasteiger partial charge in [0.25, 0.3) is 0 Å². The summed E-state index contributed by atoms with van der Waals surface area (Å²) in [6.07, 6.45) is 3.15. The number of rotatable bonds is 7. The number of hydrogen-bond donors (Lipinski definition) is 1. The van der Waals surface area contributed by atoms with Crippen LogP contribution in [0.25, 0.3) is 0 Å². The van der Waals surface area contributed by atoms with Crippen molar-refractivity contribution in [3.05, 3.63) is 40.3 Å². The third-order valence-electron chi connectivity index (χ3n) is 3.66. The van der Waals surface area contributed by atoms with Crippen molar-refractivity contribution >= 4 is 11.3 Å². The van der Waals surface area contributed by atoms with E-state index in [2.05, 4.69) is 34.7 Å². The van der Waals surface area contributed by atoms with E-state index in [-0.39, 0.29) is 0 Å². The predicted molar refractivity (Wildman–Crippen MR) is 84.2 cm³/mol. The van der Waals surface area contributed by atoms with Gasteiger partial charge in [0.1, 0.15) is 0 Å². The Labute approximate surface area is 129 Å². The van der Waals surface area contributed by atoms with Crippen molar-refractivity contribution in [3.63, 3.8) is 0 Å². The average molecular weight is 304 g/mol. The van der Waals surface area contributed by atoms with Crippen molar-refractivity contribution in [3.8, 4) is 11.5 Å². The van der Waals surface area contributed by atoms with Crippen molar-refractivity contribution < 1.29 is 9.47 Å². The lowest BCUT2D eigenvalue weighted by Crippen LogP contribution is -2.28. The van der Waals surface area contributed by atoms with Crippen molar-refractivity contribution in [1.82, 2.24) is 10.3 Å². The van der Waals surface area contributed by atoms with Crippen LogP contribution in [0.2, 0.25) is 0 Å². The molecule has 1 atom stereocenters. The second-order valence-corrected chi connectivity index (χ2v) is 6.03. The molecule has 21 heavy (non-hydrogen) atoms. The van der Waals surface area contributed by atoms with Gasteiger partial charge in [-0.15, -0.1) is 11.3 Å². The first-order valence-electron chi connectivity index (χ1n) is 7.30. The molecule has 4 nitrogen and oxygen atoms in total. The highest BCUT2D eigenvalue weighted by molar-refractivity contribution is 7.07. The Bertz CT molecular complexity index is 572. The first-order valence-corrected chi connectivity index (χ1v) is 8.24. The Morgan fingerprint density at radius 1 is 1.29 bits per heavy atom. The van der Waals surface area contributed by atoms with Gasteiger partial charge in [0.2, 0.25) is 6.79 Å². The molecule has 0 bridgehead atoms. The lowest BCUT2D eigenvalue weighted by molar-refractivity contribution is 0.174. The molecule has 1 aliphatic rings. The molecule has 0 saturated carbocycles. The van der Waals surface area contributed by atoms with Crippen molar-refractivity contribution in [2.24, 2.45) is 0 Å². The molecule has 0 saturated heterocycles. The molecular weight excluding hydrogens is 284 g/mol. The van der Waals surface area contributed by atoms with Crippen LogP contribution in [0, 0.1) is 0 Å². The lowest BCUT2D eigenvalue weighted by atomic mass is 10.1. The molecule has 2 heterocycles. The van der Waals surface area contributed by atoms with Crippen LogP contribution in [0.1, 0.15) is 24.6 Å². The highest BCUT2D eigenvalue weighted by Gasteiger charge is 2.13. The van der Waals surface area contributed by atoms with Crippen molar-refractivity contribution in [2.75, 3.05) is 13.3 Å². The fourth-order valence-corrected chi connectivity index (χ4v) is 2.98. The highest BCUT2D eigenvalue weighted by atomic mass is 32.1. The van der Waals surface area contributed by atoms with Gasteiger partial charge in [0, 0.05) is 24.4 Å². The third-order valence-corrected chi connectivity index (χ3v) is 4.30. The maximum Gasteiger partial charge on any atom is 0.231 e. The normalized spacial score (nSPS) is 14.3. The summed E-state index contributed by atoms with van der Waals surface area (Å²) in [5, 5.41) is 5.66. The van der Waals surface area contributed by atoms with E-state index >= 15 is 0 Å². The Hall–Kier alpha value is -1.59. The van der Waals surface area contributed by atoms with E-state index in [4.69, 9.17) is 9.47 Å². The van der Waals surface area contributed by atoms with Crippen LogP contribution in [-0.4, -0.2) is 24.4 Å². The molecule has 1 unspecified atom stereocenters. The minimum absolute atomic E-state index is 0.341. The second kappa shape index (κ2) is 6.91. The van der Waals surface area contributed by atoms with Crippen LogP contribution < -0.4 is 14.8 Å². The van der Waals surface area contributed by atoms with Gasteiger partial charge in [-0.3, -0.25) is 0 Å². The van der Waals surface area contributed by atoms with Gasteiger partial charge in [-0.25, -0.2) is 4.98 Å². The average Bonchev–Trinajstić information content (AvgIpc) is 3.15. The molecule has 0 fully saturated rings. The number of nitrogens with one attached hydrogen (secondary N) is 1. The van der Waals surface area contributed by atoms with E-state index in [0.717, 1.165) is 37.3 Å². The lowest BCUT2D eigenvalue weighted by Gasteiger charge is -2.13. The number of hydrogen-bond acceptors (Lipinski definition) is 5. The summed E-state index contributed by atoms with van der Waals surface area (Å²) in [5.74, 6) is 1.73. The number of aryl methyl sites for hydroxylation is 1. The Morgan fingerprint density at radius 2 is 2.19 bits per heavy atom. The Kier molecular flexibility index (Phi) is 4.72. The fourth-order valence-electron chi connectivity index (χ4n) is 2.39. The summed E-state index contributed by atoms with van der Waals surface area (Å²) in [4.78, 5) is 4.29. The van der Waals surface area contributed by atoms with Gasteiger partial charge >= 0.3 is 0 Å². The SMILES string of the molecule is CC(CCc1ccc2c(c1)OCO2)NCCc1cscn1. The van der Waals surface area contributed by atoms with Gasteiger partial charge in [0.15, 0.2) is 11.5 Å². The summed E-state index contributed by atoms with van der Waals surface area (Å²) in [6, 6.07) is 6.70. The van der Waals surface area contributed by atoms with Gasteiger partial charge in [-0.2, -0.15) is 0 Å². The molecule has 1 aromatic heterocycles. The summed E-state index contributed by atoms with van der Waals surface area (Å²) >= 11 is 1.65. The Balaban J connectivity index is 1.40. The van der Waals surface area contributed by atoms with Crippen LogP contribution >= 0.6 is 11.3 Å². The zero-order valence-corrected chi connectivity index (χ0v) is 13.0. The van der Waals surface area contributed by atoms with E-state index in [1.54, 1.807) is 11.3 Å². The second-order valence-electron chi connectivity index (χ2n) is 5.31. The molecule has 5 heteroatoms. The smallest absolute Gasteiger partial charge is 0.231 e. The first kappa shape index (κ1) is 14.4. The monoisotopic (exact) mass is 304 g/mol. The molecule has 0 spiro atoms. The number of nitrogens with zero attached hydrogens (tertiary/aromatic N) is 1. The summed E-state index contributed by atoms with van der Waals surface area (Å²) < 4.78 is 10.7. The molecule has 1 N–H and O–H groups in total. The van der Waals surface area contributed by atoms with Crippen molar-refractivity contribution in [2.45, 2.75) is 32.2 Å². The minimum Gasteiger partial charge on any atom is -0.454 e. The fraction of sp³-hybridized carbons (Fsp3) is 0.438. The van der Waals surface area contributed by atoms with Crippen LogP contribution in [-0.2, 0) is 12.8 Å². The number of aromatic nitrogens is 1. The predicted octanol–water partition coefficient (Wildman–Crippen LogP) is 3.03. The molecule has 3 rings (SSSR count). The van der Waals surface area contributed by atoms with Crippen LogP contribution in [0.3, 0.4) is 0 Å². The number of fused-ring (bicyclic) bond motifs is 1. The summed E-state index contributed by atoms with van der Waals surface area (Å²) in [5.41, 5.74) is 4.36. The molecule has 1 aromatic carbocycles. The third kappa shape index (κ3) is 3.95. The van der Waals surface area contributed by atoms with E-state index < -0.39 is 0 Å². The van der Waals surface area contributed by atoms with Crippen LogP contribution in [0.5, 0.6) is 11.5 Å². The molecule has 1 aliphatic heterocycles. The summed E-state index contributed by atoms with van der Waals surface area (Å²) in [6.45, 7) is 3.55. The highest BCUT2D eigenvalue weighted by Crippen LogP contribution is 2.32. The number of ether oxygens (including phenoxy) is 2. The molecule has 0 radical (unpaired) electrons. The van der Waals surface area contributed by atoms with Crippen LogP contribution in [0.4, 0.5) is 0 Å². The van der Waals surface area contributed by atoms with Gasteiger partial charge in [0.05, 0.1) is 11.2 Å². The van der Waals surface area contributed by atoms with E-state index in [9.17, 15) is 0 Å². The van der Waals surface area contributed by atoms with Crippen molar-refractivity contribution in [1.29, 1.82) is 0 Å². The van der Waals surface area contributed by atoms with E-state index in [1.807, 2.05) is 11.6 Å². The zero-order chi connectivity index (χ0) is 14.5. The molecular formula is C16H20N2O2S. The molecule has 0 aliphatic carbocycles. The molecule has 112 valence electrons. The van der Waals surface area contributed by atoms with E-state index in [0.29, 0.717) is 12.8 Å². The minimum atomic E-state index is 0.341. The first-order chi connectivity index (χ1) is 10.3.